The Morgan fingerprint density at radius 1 is 1.33 bits per heavy atom. The number of thiophene rings is 1. The molecule has 2 N–H and O–H groups in total. The molecule has 0 bridgehead atoms. The van der Waals surface area contributed by atoms with Gasteiger partial charge in [-0.3, -0.25) is 4.72 Å². The lowest BCUT2D eigenvalue weighted by molar-refractivity contribution is 0.282. The molecule has 1 heterocycles. The summed E-state index contributed by atoms with van der Waals surface area (Å²) in [7, 11) is -3.85. The molecule has 0 radical (unpaired) electrons. The van der Waals surface area contributed by atoms with Gasteiger partial charge in [0.1, 0.15) is 4.90 Å². The van der Waals surface area contributed by atoms with Crippen LogP contribution < -0.4 is 4.72 Å². The Hall–Kier alpha value is -0.310. The summed E-state index contributed by atoms with van der Waals surface area (Å²) in [6.07, 6.45) is 0. The molecule has 2 aromatic rings. The number of halogens is 3. The zero-order chi connectivity index (χ0) is 15.8. The minimum absolute atomic E-state index is 0.0742. The van der Waals surface area contributed by atoms with E-state index in [9.17, 15) is 13.5 Å². The highest BCUT2D eigenvalue weighted by Crippen LogP contribution is 2.37. The van der Waals surface area contributed by atoms with E-state index in [2.05, 4.69) is 20.7 Å². The van der Waals surface area contributed by atoms with Crippen LogP contribution in [0.25, 0.3) is 0 Å². The maximum atomic E-state index is 12.5. The summed E-state index contributed by atoms with van der Waals surface area (Å²) in [5, 5.41) is 11.3. The first kappa shape index (κ1) is 17.1. The second-order valence-corrected chi connectivity index (χ2v) is 8.35. The van der Waals surface area contributed by atoms with Crippen LogP contribution in [0, 0.1) is 6.92 Å². The van der Waals surface area contributed by atoms with Crippen LogP contribution >= 0.6 is 50.5 Å². The van der Waals surface area contributed by atoms with Crippen molar-refractivity contribution in [2.45, 2.75) is 18.4 Å². The van der Waals surface area contributed by atoms with E-state index in [-0.39, 0.29) is 27.2 Å². The minimum atomic E-state index is -3.85. The first-order valence-electron chi connectivity index (χ1n) is 5.62. The fraction of sp³-hybridized carbons (Fsp3) is 0.167. The summed E-state index contributed by atoms with van der Waals surface area (Å²) in [6, 6.07) is 3.11. The van der Waals surface area contributed by atoms with Gasteiger partial charge in [-0.1, -0.05) is 23.2 Å². The molecule has 1 aromatic heterocycles. The Morgan fingerprint density at radius 3 is 2.62 bits per heavy atom. The van der Waals surface area contributed by atoms with Gasteiger partial charge in [0.2, 0.25) is 0 Å². The van der Waals surface area contributed by atoms with E-state index in [0.29, 0.717) is 14.9 Å². The van der Waals surface area contributed by atoms with Gasteiger partial charge in [0.25, 0.3) is 10.0 Å². The van der Waals surface area contributed by atoms with Crippen molar-refractivity contribution in [2.24, 2.45) is 0 Å². The molecular weight excluding hydrogens is 421 g/mol. The molecule has 0 atom stereocenters. The van der Waals surface area contributed by atoms with Gasteiger partial charge in [-0.15, -0.1) is 11.3 Å². The molecule has 114 valence electrons. The number of aliphatic hydroxyl groups excluding tert-OH is 1. The fourth-order valence-corrected chi connectivity index (χ4v) is 5.37. The summed E-state index contributed by atoms with van der Waals surface area (Å²) < 4.78 is 27.9. The smallest absolute Gasteiger partial charge is 0.263 e. The third-order valence-electron chi connectivity index (χ3n) is 2.68. The van der Waals surface area contributed by atoms with Gasteiger partial charge < -0.3 is 5.11 Å². The van der Waals surface area contributed by atoms with E-state index < -0.39 is 10.0 Å². The number of aliphatic hydroxyl groups is 1. The number of aryl methyl sites for hydroxylation is 1. The Labute approximate surface area is 144 Å². The van der Waals surface area contributed by atoms with Crippen LogP contribution in [0.5, 0.6) is 0 Å². The lowest BCUT2D eigenvalue weighted by atomic mass is 10.3. The second-order valence-electron chi connectivity index (χ2n) is 4.16. The maximum Gasteiger partial charge on any atom is 0.263 e. The van der Waals surface area contributed by atoms with Crippen LogP contribution in [-0.4, -0.2) is 13.5 Å². The monoisotopic (exact) mass is 429 g/mol. The maximum absolute atomic E-state index is 12.5. The van der Waals surface area contributed by atoms with Crippen molar-refractivity contribution in [1.82, 2.24) is 0 Å². The highest BCUT2D eigenvalue weighted by molar-refractivity contribution is 9.10. The Balaban J connectivity index is 2.48. The van der Waals surface area contributed by atoms with Crippen LogP contribution in [0.15, 0.2) is 26.9 Å². The molecule has 0 aliphatic carbocycles. The van der Waals surface area contributed by atoms with Crippen LogP contribution in [0.2, 0.25) is 10.0 Å². The van der Waals surface area contributed by atoms with Gasteiger partial charge in [-0.2, -0.15) is 0 Å². The molecule has 21 heavy (non-hydrogen) atoms. The van der Waals surface area contributed by atoms with Crippen LogP contribution in [-0.2, 0) is 16.6 Å². The number of sulfonamides is 1. The van der Waals surface area contributed by atoms with Crippen molar-refractivity contribution in [1.29, 1.82) is 0 Å². The second kappa shape index (κ2) is 6.44. The number of anilines is 1. The van der Waals surface area contributed by atoms with E-state index in [0.717, 1.165) is 0 Å². The van der Waals surface area contributed by atoms with E-state index in [1.165, 1.54) is 17.4 Å². The first-order chi connectivity index (χ1) is 9.77. The molecule has 2 rings (SSSR count). The number of benzene rings is 1. The van der Waals surface area contributed by atoms with Crippen LogP contribution in [0.4, 0.5) is 5.69 Å². The lowest BCUT2D eigenvalue weighted by Gasteiger charge is -2.12. The van der Waals surface area contributed by atoms with Gasteiger partial charge in [0, 0.05) is 4.47 Å². The van der Waals surface area contributed by atoms with Crippen LogP contribution in [0.3, 0.4) is 0 Å². The van der Waals surface area contributed by atoms with Gasteiger partial charge in [-0.05, 0) is 45.9 Å². The number of hydrogen-bond donors (Lipinski definition) is 2. The van der Waals surface area contributed by atoms with Gasteiger partial charge in [-0.25, -0.2) is 8.42 Å². The molecule has 0 saturated heterocycles. The molecule has 0 spiro atoms. The summed E-state index contributed by atoms with van der Waals surface area (Å²) in [5.74, 6) is 0. The van der Waals surface area contributed by atoms with E-state index in [1.54, 1.807) is 18.4 Å². The van der Waals surface area contributed by atoms with Crippen molar-refractivity contribution in [2.75, 3.05) is 4.72 Å². The standard InChI is InChI=1S/C12H10BrCl2NO3S2/c1-6-5-20-9(4-17)12(6)21(18,19)16-8-3-2-7(13)10(14)11(8)15/h2-3,5,16-17H,4H2,1H3. The fourth-order valence-electron chi connectivity index (χ4n) is 1.76. The average molecular weight is 431 g/mol. The first-order valence-corrected chi connectivity index (χ1v) is 9.53. The predicted molar refractivity (Wildman–Crippen MR) is 89.9 cm³/mol. The Kier molecular flexibility index (Phi) is 5.23. The van der Waals surface area contributed by atoms with Gasteiger partial charge in [0.15, 0.2) is 0 Å². The zero-order valence-electron chi connectivity index (χ0n) is 10.7. The SMILES string of the molecule is Cc1csc(CO)c1S(=O)(=O)Nc1ccc(Br)c(Cl)c1Cl. The van der Waals surface area contributed by atoms with Gasteiger partial charge in [0.05, 0.1) is 27.2 Å². The molecule has 0 amide bonds. The topological polar surface area (TPSA) is 66.4 Å². The number of hydrogen-bond acceptors (Lipinski definition) is 4. The molecule has 1 aromatic carbocycles. The lowest BCUT2D eigenvalue weighted by Crippen LogP contribution is -2.15. The molecule has 0 fully saturated rings. The van der Waals surface area contributed by atoms with Crippen LogP contribution in [0.1, 0.15) is 10.4 Å². The normalized spacial score (nSPS) is 11.7. The number of nitrogens with one attached hydrogen (secondary N) is 1. The molecule has 0 aliphatic rings. The minimum Gasteiger partial charge on any atom is -0.391 e. The summed E-state index contributed by atoms with van der Waals surface area (Å²) in [5.41, 5.74) is 0.746. The molecule has 0 unspecified atom stereocenters. The molecule has 0 saturated carbocycles. The van der Waals surface area contributed by atoms with E-state index in [4.69, 9.17) is 23.2 Å². The number of rotatable bonds is 4. The summed E-state index contributed by atoms with van der Waals surface area (Å²) in [6.45, 7) is 1.32. The summed E-state index contributed by atoms with van der Waals surface area (Å²) in [4.78, 5) is 0.449. The molecule has 9 heteroatoms. The molecule has 4 nitrogen and oxygen atoms in total. The van der Waals surface area contributed by atoms with Crippen molar-refractivity contribution < 1.29 is 13.5 Å². The van der Waals surface area contributed by atoms with Crippen molar-refractivity contribution in [3.05, 3.63) is 42.5 Å². The zero-order valence-corrected chi connectivity index (χ0v) is 15.4. The predicted octanol–water partition coefficient (Wildman–Crippen LogP) is 4.42. The average Bonchev–Trinajstić information content (AvgIpc) is 2.81. The van der Waals surface area contributed by atoms with Crippen molar-refractivity contribution in [3.63, 3.8) is 0 Å². The third-order valence-corrected chi connectivity index (χ3v) is 7.27. The quantitative estimate of drug-likeness (QED) is 0.705. The van der Waals surface area contributed by atoms with Gasteiger partial charge >= 0.3 is 0 Å². The Bertz CT molecular complexity index is 790. The van der Waals surface area contributed by atoms with E-state index in [1.807, 2.05) is 0 Å². The Morgan fingerprint density at radius 2 is 2.00 bits per heavy atom. The highest BCUT2D eigenvalue weighted by Gasteiger charge is 2.24. The highest BCUT2D eigenvalue weighted by atomic mass is 79.9. The largest absolute Gasteiger partial charge is 0.391 e. The van der Waals surface area contributed by atoms with E-state index >= 15 is 0 Å². The van der Waals surface area contributed by atoms with Crippen molar-refractivity contribution in [3.8, 4) is 0 Å². The summed E-state index contributed by atoms with van der Waals surface area (Å²) >= 11 is 16.4. The molecular formula is C12H10BrCl2NO3S2. The third kappa shape index (κ3) is 3.38. The molecule has 0 aliphatic heterocycles. The van der Waals surface area contributed by atoms with Crippen molar-refractivity contribution >= 4 is 66.2 Å².